The zero-order chi connectivity index (χ0) is 22.6. The van der Waals surface area contributed by atoms with Gasteiger partial charge >= 0.3 is 0 Å². The normalized spacial score (nSPS) is 15.5. The van der Waals surface area contributed by atoms with Crippen molar-refractivity contribution in [3.05, 3.63) is 94.1 Å². The number of fused-ring (bicyclic) bond motifs is 1. The molecule has 33 heavy (non-hydrogen) atoms. The Balaban J connectivity index is 1.47. The first-order chi connectivity index (χ1) is 16.2. The average Bonchev–Trinajstić information content (AvgIpc) is 3.49. The van der Waals surface area contributed by atoms with Gasteiger partial charge in [-0.1, -0.05) is 55.7 Å². The lowest BCUT2D eigenvalue weighted by Crippen LogP contribution is -2.36. The highest BCUT2D eigenvalue weighted by Gasteiger charge is 2.25. The van der Waals surface area contributed by atoms with Crippen molar-refractivity contribution in [2.75, 3.05) is 0 Å². The Bertz CT molecular complexity index is 1210. The molecule has 0 radical (unpaired) electrons. The van der Waals surface area contributed by atoms with E-state index in [9.17, 15) is 9.18 Å². The van der Waals surface area contributed by atoms with Gasteiger partial charge in [-0.05, 0) is 53.6 Å². The number of aromatic nitrogens is 1. The Morgan fingerprint density at radius 1 is 1.03 bits per heavy atom. The van der Waals surface area contributed by atoms with Crippen LogP contribution >= 0.6 is 11.3 Å². The number of rotatable bonds is 7. The highest BCUT2D eigenvalue weighted by atomic mass is 32.1. The van der Waals surface area contributed by atoms with Crippen LogP contribution in [0.15, 0.2) is 72.2 Å². The molecule has 170 valence electrons. The fraction of sp³-hybridized carbons (Fsp3) is 0.321. The molecule has 0 saturated heterocycles. The molecule has 2 aromatic carbocycles. The third-order valence-corrected chi connectivity index (χ3v) is 7.69. The minimum absolute atomic E-state index is 0.00737. The van der Waals surface area contributed by atoms with Crippen molar-refractivity contribution in [2.45, 2.75) is 57.0 Å². The van der Waals surface area contributed by atoms with Crippen LogP contribution in [0.1, 0.15) is 60.4 Å². The Morgan fingerprint density at radius 2 is 1.82 bits per heavy atom. The predicted molar refractivity (Wildman–Crippen MR) is 133 cm³/mol. The third-order valence-electron chi connectivity index (χ3n) is 6.71. The molecule has 2 aromatic heterocycles. The number of benzene rings is 2. The molecule has 1 amide bonds. The van der Waals surface area contributed by atoms with Crippen LogP contribution in [0.5, 0.6) is 0 Å². The molecule has 0 spiro atoms. The van der Waals surface area contributed by atoms with Gasteiger partial charge in [0.15, 0.2) is 0 Å². The number of carbonyl (C=O) groups excluding carboxylic acids is 1. The maximum Gasteiger partial charge on any atom is 0.221 e. The van der Waals surface area contributed by atoms with Crippen LogP contribution in [-0.4, -0.2) is 16.5 Å². The second-order valence-corrected chi connectivity index (χ2v) is 10.0. The SMILES string of the molecule is O=C(CC(c1cccs1)c1cn(Cc2ccc(F)cc2)c2ccccc12)NC1CCCCC1. The molecule has 4 aromatic rings. The first-order valence-corrected chi connectivity index (χ1v) is 12.7. The summed E-state index contributed by atoms with van der Waals surface area (Å²) < 4.78 is 15.6. The van der Waals surface area contributed by atoms with Gasteiger partial charge in [0.25, 0.3) is 0 Å². The number of para-hydroxylation sites is 1. The number of nitrogens with one attached hydrogen (secondary N) is 1. The Hall–Kier alpha value is -2.92. The van der Waals surface area contributed by atoms with Crippen LogP contribution in [0.25, 0.3) is 10.9 Å². The zero-order valence-electron chi connectivity index (χ0n) is 18.7. The molecule has 1 aliphatic carbocycles. The number of hydrogen-bond donors (Lipinski definition) is 1. The lowest BCUT2D eigenvalue weighted by atomic mass is 9.92. The van der Waals surface area contributed by atoms with E-state index in [1.54, 1.807) is 11.3 Å². The van der Waals surface area contributed by atoms with Crippen LogP contribution in [0.4, 0.5) is 4.39 Å². The smallest absolute Gasteiger partial charge is 0.221 e. The van der Waals surface area contributed by atoms with Crippen LogP contribution < -0.4 is 5.32 Å². The first-order valence-electron chi connectivity index (χ1n) is 11.8. The summed E-state index contributed by atoms with van der Waals surface area (Å²) in [4.78, 5) is 14.3. The summed E-state index contributed by atoms with van der Waals surface area (Å²) in [6.07, 6.45) is 8.50. The molecule has 5 heteroatoms. The monoisotopic (exact) mass is 460 g/mol. The van der Waals surface area contributed by atoms with Crippen molar-refractivity contribution in [1.82, 2.24) is 9.88 Å². The number of carbonyl (C=O) groups is 1. The van der Waals surface area contributed by atoms with E-state index in [4.69, 9.17) is 0 Å². The average molecular weight is 461 g/mol. The summed E-state index contributed by atoms with van der Waals surface area (Å²) in [6.45, 7) is 0.659. The molecule has 0 aliphatic heterocycles. The van der Waals surface area contributed by atoms with Gasteiger partial charge in [0.2, 0.25) is 5.91 Å². The lowest BCUT2D eigenvalue weighted by Gasteiger charge is -2.24. The highest BCUT2D eigenvalue weighted by molar-refractivity contribution is 7.10. The van der Waals surface area contributed by atoms with Crippen LogP contribution in [0, 0.1) is 5.82 Å². The number of nitrogens with zero attached hydrogens (tertiary/aromatic N) is 1. The Morgan fingerprint density at radius 3 is 2.58 bits per heavy atom. The molecule has 1 atom stereocenters. The summed E-state index contributed by atoms with van der Waals surface area (Å²) in [5.74, 6) is -0.0813. The van der Waals surface area contributed by atoms with E-state index >= 15 is 0 Å². The summed E-state index contributed by atoms with van der Waals surface area (Å²) >= 11 is 1.71. The van der Waals surface area contributed by atoms with Gasteiger partial charge in [0.05, 0.1) is 0 Å². The fourth-order valence-electron chi connectivity index (χ4n) is 5.04. The fourth-order valence-corrected chi connectivity index (χ4v) is 5.89. The summed E-state index contributed by atoms with van der Waals surface area (Å²) in [5.41, 5.74) is 3.35. The number of thiophene rings is 1. The maximum absolute atomic E-state index is 13.4. The highest BCUT2D eigenvalue weighted by Crippen LogP contribution is 2.37. The van der Waals surface area contributed by atoms with E-state index in [1.807, 2.05) is 18.2 Å². The second kappa shape index (κ2) is 9.92. The van der Waals surface area contributed by atoms with Crippen molar-refractivity contribution in [1.29, 1.82) is 0 Å². The van der Waals surface area contributed by atoms with Crippen molar-refractivity contribution < 1.29 is 9.18 Å². The molecule has 2 heterocycles. The minimum atomic E-state index is -0.224. The van der Waals surface area contributed by atoms with Crippen molar-refractivity contribution in [3.63, 3.8) is 0 Å². The Kier molecular flexibility index (Phi) is 6.58. The lowest BCUT2D eigenvalue weighted by molar-refractivity contribution is -0.122. The molecular formula is C28H29FN2OS. The van der Waals surface area contributed by atoms with Crippen LogP contribution in [-0.2, 0) is 11.3 Å². The van der Waals surface area contributed by atoms with E-state index in [0.29, 0.717) is 19.0 Å². The molecule has 1 aliphatic rings. The summed E-state index contributed by atoms with van der Waals surface area (Å²) in [6, 6.07) is 19.6. The summed E-state index contributed by atoms with van der Waals surface area (Å²) in [5, 5.41) is 6.56. The molecular weight excluding hydrogens is 431 g/mol. The first kappa shape index (κ1) is 21.9. The van der Waals surface area contributed by atoms with Crippen molar-refractivity contribution in [3.8, 4) is 0 Å². The number of hydrogen-bond acceptors (Lipinski definition) is 2. The van der Waals surface area contributed by atoms with E-state index in [1.165, 1.54) is 47.2 Å². The van der Waals surface area contributed by atoms with Crippen LogP contribution in [0.3, 0.4) is 0 Å². The molecule has 3 nitrogen and oxygen atoms in total. The van der Waals surface area contributed by atoms with E-state index in [2.05, 4.69) is 51.8 Å². The molecule has 1 N–H and O–H groups in total. The largest absolute Gasteiger partial charge is 0.353 e. The van der Waals surface area contributed by atoms with Crippen molar-refractivity contribution >= 4 is 28.1 Å². The van der Waals surface area contributed by atoms with E-state index < -0.39 is 0 Å². The van der Waals surface area contributed by atoms with Gasteiger partial charge in [-0.2, -0.15) is 0 Å². The van der Waals surface area contributed by atoms with Gasteiger partial charge in [-0.15, -0.1) is 11.3 Å². The van der Waals surface area contributed by atoms with Gasteiger partial charge in [-0.3, -0.25) is 4.79 Å². The van der Waals surface area contributed by atoms with Gasteiger partial charge in [0.1, 0.15) is 5.82 Å². The van der Waals surface area contributed by atoms with E-state index in [-0.39, 0.29) is 17.6 Å². The zero-order valence-corrected chi connectivity index (χ0v) is 19.5. The van der Waals surface area contributed by atoms with Gasteiger partial charge in [-0.25, -0.2) is 4.39 Å². The maximum atomic E-state index is 13.4. The van der Waals surface area contributed by atoms with Crippen LogP contribution in [0.2, 0.25) is 0 Å². The van der Waals surface area contributed by atoms with Crippen molar-refractivity contribution in [2.24, 2.45) is 0 Å². The number of halogens is 1. The summed E-state index contributed by atoms with van der Waals surface area (Å²) in [7, 11) is 0. The molecule has 5 rings (SSSR count). The van der Waals surface area contributed by atoms with Gasteiger partial charge < -0.3 is 9.88 Å². The molecule has 1 unspecified atom stereocenters. The molecule has 0 bridgehead atoms. The molecule has 1 saturated carbocycles. The quantitative estimate of drug-likeness (QED) is 0.321. The van der Waals surface area contributed by atoms with Gasteiger partial charge in [0, 0.05) is 46.9 Å². The third kappa shape index (κ3) is 5.03. The predicted octanol–water partition coefficient (Wildman–Crippen LogP) is 6.86. The van der Waals surface area contributed by atoms with E-state index in [0.717, 1.165) is 23.9 Å². The Labute approximate surface area is 198 Å². The number of amides is 1. The second-order valence-electron chi connectivity index (χ2n) is 9.03. The molecule has 1 fully saturated rings. The standard InChI is InChI=1S/C28H29FN2OS/c29-21-14-12-20(13-15-21)18-31-19-25(23-9-4-5-10-26(23)31)24(27-11-6-16-33-27)17-28(32)30-22-7-2-1-3-8-22/h4-6,9-16,19,22,24H,1-3,7-8,17-18H2,(H,30,32). The topological polar surface area (TPSA) is 34.0 Å². The minimum Gasteiger partial charge on any atom is -0.353 e.